The minimum Gasteiger partial charge on any atom is -0.469 e. The SMILES string of the molecule is COC(=O)CCCNC(=O)Cn1nc(-c2ccccc2)ccc1=O. The summed E-state index contributed by atoms with van der Waals surface area (Å²) >= 11 is 0. The number of methoxy groups -OCH3 is 1. The van der Waals surface area contributed by atoms with Crippen LogP contribution in [0.4, 0.5) is 0 Å². The van der Waals surface area contributed by atoms with Crippen LogP contribution in [0, 0.1) is 0 Å². The predicted molar refractivity (Wildman–Crippen MR) is 88.2 cm³/mol. The summed E-state index contributed by atoms with van der Waals surface area (Å²) in [6, 6.07) is 12.4. The van der Waals surface area contributed by atoms with Gasteiger partial charge in [0.25, 0.3) is 5.56 Å². The van der Waals surface area contributed by atoms with E-state index in [1.54, 1.807) is 6.07 Å². The second-order valence-corrected chi connectivity index (χ2v) is 5.11. The number of esters is 1. The van der Waals surface area contributed by atoms with Crippen molar-refractivity contribution in [1.29, 1.82) is 0 Å². The van der Waals surface area contributed by atoms with Gasteiger partial charge in [0.15, 0.2) is 0 Å². The zero-order valence-electron chi connectivity index (χ0n) is 13.4. The van der Waals surface area contributed by atoms with E-state index in [0.29, 0.717) is 18.7 Å². The molecule has 126 valence electrons. The maximum Gasteiger partial charge on any atom is 0.305 e. The Morgan fingerprint density at radius 3 is 2.62 bits per heavy atom. The summed E-state index contributed by atoms with van der Waals surface area (Å²) in [5, 5.41) is 6.87. The molecule has 7 nitrogen and oxygen atoms in total. The van der Waals surface area contributed by atoms with Crippen LogP contribution < -0.4 is 10.9 Å². The van der Waals surface area contributed by atoms with Gasteiger partial charge < -0.3 is 10.1 Å². The van der Waals surface area contributed by atoms with Gasteiger partial charge in [0.05, 0.1) is 12.8 Å². The molecule has 24 heavy (non-hydrogen) atoms. The van der Waals surface area contributed by atoms with Gasteiger partial charge in [-0.25, -0.2) is 4.68 Å². The molecule has 1 amide bonds. The van der Waals surface area contributed by atoms with E-state index in [4.69, 9.17) is 0 Å². The van der Waals surface area contributed by atoms with Gasteiger partial charge in [-0.05, 0) is 12.5 Å². The molecule has 0 atom stereocenters. The number of carbonyl (C=O) groups excluding carboxylic acids is 2. The zero-order valence-corrected chi connectivity index (χ0v) is 13.4. The van der Waals surface area contributed by atoms with E-state index in [0.717, 1.165) is 10.2 Å². The summed E-state index contributed by atoms with van der Waals surface area (Å²) in [5.74, 6) is -0.655. The van der Waals surface area contributed by atoms with Crippen molar-refractivity contribution in [1.82, 2.24) is 15.1 Å². The standard InChI is InChI=1S/C17H19N3O4/c1-24-17(23)8-5-11-18-15(21)12-20-16(22)10-9-14(19-20)13-6-3-2-4-7-13/h2-4,6-7,9-10H,5,8,11-12H2,1H3,(H,18,21). The van der Waals surface area contributed by atoms with Gasteiger partial charge >= 0.3 is 5.97 Å². The fourth-order valence-corrected chi connectivity index (χ4v) is 2.08. The van der Waals surface area contributed by atoms with E-state index in [-0.39, 0.29) is 30.4 Å². The maximum absolute atomic E-state index is 11.9. The molecule has 0 saturated heterocycles. The van der Waals surface area contributed by atoms with E-state index >= 15 is 0 Å². The molecule has 2 aromatic rings. The second kappa shape index (κ2) is 8.61. The molecule has 0 spiro atoms. The lowest BCUT2D eigenvalue weighted by atomic mass is 10.1. The average Bonchev–Trinajstić information content (AvgIpc) is 2.61. The summed E-state index contributed by atoms with van der Waals surface area (Å²) in [6.07, 6.45) is 0.712. The van der Waals surface area contributed by atoms with Crippen LogP contribution in [0.2, 0.25) is 0 Å². The lowest BCUT2D eigenvalue weighted by molar-refractivity contribution is -0.140. The second-order valence-electron chi connectivity index (χ2n) is 5.11. The van der Waals surface area contributed by atoms with Crippen LogP contribution in [0.5, 0.6) is 0 Å². The highest BCUT2D eigenvalue weighted by molar-refractivity contribution is 5.75. The number of rotatable bonds is 7. The van der Waals surface area contributed by atoms with Crippen molar-refractivity contribution in [3.8, 4) is 11.3 Å². The first-order valence-electron chi connectivity index (χ1n) is 7.57. The van der Waals surface area contributed by atoms with Crippen LogP contribution in [0.1, 0.15) is 12.8 Å². The largest absolute Gasteiger partial charge is 0.469 e. The van der Waals surface area contributed by atoms with Crippen molar-refractivity contribution in [2.75, 3.05) is 13.7 Å². The molecular formula is C17H19N3O4. The molecule has 0 saturated carbocycles. The number of nitrogens with one attached hydrogen (secondary N) is 1. The summed E-state index contributed by atoms with van der Waals surface area (Å²) in [4.78, 5) is 34.7. The molecule has 1 N–H and O–H groups in total. The third-order valence-electron chi connectivity index (χ3n) is 3.34. The zero-order chi connectivity index (χ0) is 17.4. The Morgan fingerprint density at radius 2 is 1.92 bits per heavy atom. The van der Waals surface area contributed by atoms with Crippen LogP contribution in [0.25, 0.3) is 11.3 Å². The highest BCUT2D eigenvalue weighted by Gasteiger charge is 2.08. The van der Waals surface area contributed by atoms with Gasteiger partial charge in [-0.3, -0.25) is 14.4 Å². The predicted octanol–water partition coefficient (Wildman–Crippen LogP) is 0.980. The molecule has 0 radical (unpaired) electrons. The van der Waals surface area contributed by atoms with Crippen molar-refractivity contribution in [3.05, 3.63) is 52.8 Å². The minimum absolute atomic E-state index is 0.169. The van der Waals surface area contributed by atoms with Crippen LogP contribution in [0.15, 0.2) is 47.3 Å². The van der Waals surface area contributed by atoms with Gasteiger partial charge in [0.2, 0.25) is 5.91 Å². The lowest BCUT2D eigenvalue weighted by Crippen LogP contribution is -2.34. The van der Waals surface area contributed by atoms with Crippen molar-refractivity contribution in [3.63, 3.8) is 0 Å². The Balaban J connectivity index is 1.95. The summed E-state index contributed by atoms with van der Waals surface area (Å²) in [7, 11) is 1.32. The summed E-state index contributed by atoms with van der Waals surface area (Å²) in [5.41, 5.74) is 1.14. The van der Waals surface area contributed by atoms with E-state index in [1.807, 2.05) is 30.3 Å². The third kappa shape index (κ3) is 5.05. The van der Waals surface area contributed by atoms with Crippen LogP contribution >= 0.6 is 0 Å². The smallest absolute Gasteiger partial charge is 0.305 e. The fraction of sp³-hybridized carbons (Fsp3) is 0.294. The molecule has 0 aliphatic carbocycles. The molecule has 1 aromatic heterocycles. The molecule has 0 aliphatic heterocycles. The highest BCUT2D eigenvalue weighted by atomic mass is 16.5. The van der Waals surface area contributed by atoms with Crippen LogP contribution in [0.3, 0.4) is 0 Å². The van der Waals surface area contributed by atoms with E-state index in [9.17, 15) is 14.4 Å². The maximum atomic E-state index is 11.9. The van der Waals surface area contributed by atoms with Crippen molar-refractivity contribution >= 4 is 11.9 Å². The first-order valence-corrected chi connectivity index (χ1v) is 7.57. The number of carbonyl (C=O) groups is 2. The van der Waals surface area contributed by atoms with Gasteiger partial charge in [0.1, 0.15) is 6.54 Å². The molecular weight excluding hydrogens is 310 g/mol. The van der Waals surface area contributed by atoms with E-state index in [1.165, 1.54) is 13.2 Å². The van der Waals surface area contributed by atoms with Gasteiger partial charge in [0, 0.05) is 24.6 Å². The van der Waals surface area contributed by atoms with Gasteiger partial charge in [-0.2, -0.15) is 5.10 Å². The first-order chi connectivity index (χ1) is 11.6. The van der Waals surface area contributed by atoms with E-state index in [2.05, 4.69) is 15.2 Å². The molecule has 2 rings (SSSR count). The summed E-state index contributed by atoms with van der Waals surface area (Å²) in [6.45, 7) is 0.165. The van der Waals surface area contributed by atoms with E-state index < -0.39 is 0 Å². The molecule has 0 bridgehead atoms. The number of hydrogen-bond donors (Lipinski definition) is 1. The first kappa shape index (κ1) is 17.4. The van der Waals surface area contributed by atoms with Crippen molar-refractivity contribution in [2.45, 2.75) is 19.4 Å². The Morgan fingerprint density at radius 1 is 1.17 bits per heavy atom. The Labute approximate surface area is 139 Å². The molecule has 1 aromatic carbocycles. The number of benzene rings is 1. The van der Waals surface area contributed by atoms with Gasteiger partial charge in [-0.1, -0.05) is 30.3 Å². The van der Waals surface area contributed by atoms with Crippen LogP contribution in [-0.4, -0.2) is 35.3 Å². The number of amides is 1. The van der Waals surface area contributed by atoms with Crippen LogP contribution in [-0.2, 0) is 20.9 Å². The Kier molecular flexibility index (Phi) is 6.24. The minimum atomic E-state index is -0.348. The fourth-order valence-electron chi connectivity index (χ4n) is 2.08. The lowest BCUT2D eigenvalue weighted by Gasteiger charge is -2.08. The monoisotopic (exact) mass is 329 g/mol. The number of ether oxygens (including phenoxy) is 1. The Hall–Kier alpha value is -2.96. The van der Waals surface area contributed by atoms with Crippen molar-refractivity contribution in [2.24, 2.45) is 0 Å². The molecule has 0 aliphatic rings. The normalized spacial score (nSPS) is 10.2. The Bertz CT molecular complexity index is 756. The third-order valence-corrected chi connectivity index (χ3v) is 3.34. The average molecular weight is 329 g/mol. The summed E-state index contributed by atoms with van der Waals surface area (Å²) < 4.78 is 5.64. The molecule has 0 fully saturated rings. The number of nitrogens with zero attached hydrogens (tertiary/aromatic N) is 2. The van der Waals surface area contributed by atoms with Gasteiger partial charge in [-0.15, -0.1) is 0 Å². The molecule has 0 unspecified atom stereocenters. The molecule has 7 heteroatoms. The number of aromatic nitrogens is 2. The highest BCUT2D eigenvalue weighted by Crippen LogP contribution is 2.13. The number of hydrogen-bond acceptors (Lipinski definition) is 5. The molecule has 1 heterocycles. The topological polar surface area (TPSA) is 90.3 Å². The van der Waals surface area contributed by atoms with Crippen molar-refractivity contribution < 1.29 is 14.3 Å². The quantitative estimate of drug-likeness (QED) is 0.604.